The summed E-state index contributed by atoms with van der Waals surface area (Å²) in [6.45, 7) is 1.89. The van der Waals surface area contributed by atoms with Gasteiger partial charge in [0.25, 0.3) is 0 Å². The van der Waals surface area contributed by atoms with Gasteiger partial charge in [-0.05, 0) is 31.2 Å². The molecule has 3 rings (SSSR count). The molecular formula is C15H16F2N4. The quantitative estimate of drug-likeness (QED) is 0.942. The van der Waals surface area contributed by atoms with Gasteiger partial charge >= 0.3 is 0 Å². The van der Waals surface area contributed by atoms with Crippen LogP contribution in [0.5, 0.6) is 0 Å². The molecule has 1 saturated heterocycles. The van der Waals surface area contributed by atoms with Gasteiger partial charge in [-0.2, -0.15) is 0 Å². The topological polar surface area (TPSA) is 55.0 Å². The maximum absolute atomic E-state index is 13.8. The van der Waals surface area contributed by atoms with Gasteiger partial charge in [0, 0.05) is 24.2 Å². The largest absolute Gasteiger partial charge is 0.384 e. The number of nitrogens with zero attached hydrogens (tertiary/aromatic N) is 3. The van der Waals surface area contributed by atoms with Gasteiger partial charge < -0.3 is 5.73 Å². The van der Waals surface area contributed by atoms with Crippen LogP contribution in [0.15, 0.2) is 30.5 Å². The van der Waals surface area contributed by atoms with Crippen molar-refractivity contribution in [3.05, 3.63) is 53.5 Å². The average molecular weight is 290 g/mol. The lowest BCUT2D eigenvalue weighted by Crippen LogP contribution is -2.21. The second-order valence-corrected chi connectivity index (χ2v) is 5.25. The normalized spacial score (nSPS) is 19.0. The number of likely N-dealkylation sites (tertiary alicyclic amines) is 1. The fraction of sp³-hybridized carbons (Fsp3) is 0.333. The fourth-order valence-electron chi connectivity index (χ4n) is 2.80. The van der Waals surface area contributed by atoms with Crippen molar-refractivity contribution < 1.29 is 8.78 Å². The molecule has 0 bridgehead atoms. The standard InChI is InChI=1S/C15H16F2N4/c16-11-2-1-3-12(17)15(11)10-5-7-21(8-10)9-14-19-6-4-13(18)20-14/h1-4,6,10H,5,7-9H2,(H2,18,19,20). The van der Waals surface area contributed by atoms with Crippen molar-refractivity contribution >= 4 is 5.82 Å². The second-order valence-electron chi connectivity index (χ2n) is 5.25. The molecule has 110 valence electrons. The molecule has 2 heterocycles. The van der Waals surface area contributed by atoms with Gasteiger partial charge in [0.05, 0.1) is 6.54 Å². The molecule has 21 heavy (non-hydrogen) atoms. The maximum Gasteiger partial charge on any atom is 0.144 e. The number of halogens is 2. The van der Waals surface area contributed by atoms with E-state index in [2.05, 4.69) is 14.9 Å². The summed E-state index contributed by atoms with van der Waals surface area (Å²) in [6, 6.07) is 5.64. The molecular weight excluding hydrogens is 274 g/mol. The van der Waals surface area contributed by atoms with E-state index in [0.717, 1.165) is 13.0 Å². The molecule has 6 heteroatoms. The van der Waals surface area contributed by atoms with Crippen LogP contribution in [0, 0.1) is 11.6 Å². The first-order valence-electron chi connectivity index (χ1n) is 6.87. The first kappa shape index (κ1) is 13.9. The molecule has 1 aliphatic heterocycles. The minimum Gasteiger partial charge on any atom is -0.384 e. The van der Waals surface area contributed by atoms with Crippen molar-refractivity contribution in [3.63, 3.8) is 0 Å². The van der Waals surface area contributed by atoms with Crippen LogP contribution >= 0.6 is 0 Å². The molecule has 4 nitrogen and oxygen atoms in total. The predicted octanol–water partition coefficient (Wildman–Crippen LogP) is 2.33. The number of benzene rings is 1. The number of nitrogen functional groups attached to an aromatic ring is 1. The van der Waals surface area contributed by atoms with Crippen LogP contribution in [0.4, 0.5) is 14.6 Å². The molecule has 0 spiro atoms. The van der Waals surface area contributed by atoms with Crippen molar-refractivity contribution in [1.29, 1.82) is 0 Å². The summed E-state index contributed by atoms with van der Waals surface area (Å²) in [4.78, 5) is 10.4. The molecule has 0 aliphatic carbocycles. The number of rotatable bonds is 3. The van der Waals surface area contributed by atoms with Gasteiger partial charge in [-0.25, -0.2) is 18.7 Å². The minimum absolute atomic E-state index is 0.132. The summed E-state index contributed by atoms with van der Waals surface area (Å²) in [5, 5.41) is 0. The van der Waals surface area contributed by atoms with Crippen LogP contribution in [0.25, 0.3) is 0 Å². The molecule has 1 aromatic carbocycles. The zero-order valence-corrected chi connectivity index (χ0v) is 11.5. The van der Waals surface area contributed by atoms with Crippen molar-refractivity contribution in [3.8, 4) is 0 Å². The number of aromatic nitrogens is 2. The van der Waals surface area contributed by atoms with Crippen molar-refractivity contribution in [2.45, 2.75) is 18.9 Å². The van der Waals surface area contributed by atoms with Crippen LogP contribution in [-0.2, 0) is 6.54 Å². The Morgan fingerprint density at radius 2 is 2.00 bits per heavy atom. The second kappa shape index (κ2) is 5.73. The Balaban J connectivity index is 1.71. The van der Waals surface area contributed by atoms with Gasteiger partial charge in [0.2, 0.25) is 0 Å². The summed E-state index contributed by atoms with van der Waals surface area (Å²) in [6.07, 6.45) is 2.34. The third-order valence-corrected chi connectivity index (χ3v) is 3.77. The summed E-state index contributed by atoms with van der Waals surface area (Å²) in [5.41, 5.74) is 5.81. The molecule has 0 radical (unpaired) electrons. The highest BCUT2D eigenvalue weighted by Crippen LogP contribution is 2.31. The fourth-order valence-corrected chi connectivity index (χ4v) is 2.80. The van der Waals surface area contributed by atoms with Crippen molar-refractivity contribution in [1.82, 2.24) is 14.9 Å². The van der Waals surface area contributed by atoms with E-state index in [-0.39, 0.29) is 11.5 Å². The zero-order valence-electron chi connectivity index (χ0n) is 11.5. The SMILES string of the molecule is Nc1ccnc(CN2CCC(c3c(F)cccc3F)C2)n1. The molecule has 0 saturated carbocycles. The van der Waals surface area contributed by atoms with E-state index in [4.69, 9.17) is 5.73 Å². The average Bonchev–Trinajstić information content (AvgIpc) is 2.87. The Bertz CT molecular complexity index is 627. The molecule has 0 amide bonds. The van der Waals surface area contributed by atoms with Crippen molar-refractivity contribution in [2.75, 3.05) is 18.8 Å². The lowest BCUT2D eigenvalue weighted by atomic mass is 9.97. The van der Waals surface area contributed by atoms with E-state index in [9.17, 15) is 8.78 Å². The smallest absolute Gasteiger partial charge is 0.144 e. The van der Waals surface area contributed by atoms with E-state index < -0.39 is 11.6 Å². The van der Waals surface area contributed by atoms with E-state index >= 15 is 0 Å². The van der Waals surface area contributed by atoms with E-state index in [0.29, 0.717) is 24.7 Å². The molecule has 2 N–H and O–H groups in total. The number of nitrogens with two attached hydrogens (primary N) is 1. The maximum atomic E-state index is 13.8. The zero-order chi connectivity index (χ0) is 14.8. The van der Waals surface area contributed by atoms with Crippen LogP contribution in [-0.4, -0.2) is 28.0 Å². The lowest BCUT2D eigenvalue weighted by Gasteiger charge is -2.16. The third kappa shape index (κ3) is 3.00. The summed E-state index contributed by atoms with van der Waals surface area (Å²) in [7, 11) is 0. The Morgan fingerprint density at radius 1 is 1.24 bits per heavy atom. The minimum atomic E-state index is -0.470. The van der Waals surface area contributed by atoms with Crippen LogP contribution in [0.2, 0.25) is 0 Å². The lowest BCUT2D eigenvalue weighted by molar-refractivity contribution is 0.316. The number of hydrogen-bond acceptors (Lipinski definition) is 4. The molecule has 1 aromatic heterocycles. The number of hydrogen-bond donors (Lipinski definition) is 1. The van der Waals surface area contributed by atoms with Gasteiger partial charge in [-0.1, -0.05) is 6.07 Å². The van der Waals surface area contributed by atoms with Gasteiger partial charge in [0.15, 0.2) is 0 Å². The van der Waals surface area contributed by atoms with Gasteiger partial charge in [0.1, 0.15) is 23.3 Å². The third-order valence-electron chi connectivity index (χ3n) is 3.77. The highest BCUT2D eigenvalue weighted by molar-refractivity contribution is 5.26. The first-order valence-corrected chi connectivity index (χ1v) is 6.87. The Hall–Kier alpha value is -2.08. The van der Waals surface area contributed by atoms with E-state index in [1.54, 1.807) is 12.3 Å². The highest BCUT2D eigenvalue weighted by atomic mass is 19.1. The molecule has 1 aliphatic rings. The van der Waals surface area contributed by atoms with E-state index in [1.807, 2.05) is 0 Å². The summed E-state index contributed by atoms with van der Waals surface area (Å²) >= 11 is 0. The molecule has 1 fully saturated rings. The van der Waals surface area contributed by atoms with Gasteiger partial charge in [-0.15, -0.1) is 0 Å². The van der Waals surface area contributed by atoms with E-state index in [1.165, 1.54) is 18.2 Å². The molecule has 1 atom stereocenters. The molecule has 2 aromatic rings. The molecule has 1 unspecified atom stereocenters. The number of anilines is 1. The first-order chi connectivity index (χ1) is 10.1. The van der Waals surface area contributed by atoms with Gasteiger partial charge in [-0.3, -0.25) is 4.90 Å². The Morgan fingerprint density at radius 3 is 2.71 bits per heavy atom. The van der Waals surface area contributed by atoms with Crippen LogP contribution in [0.3, 0.4) is 0 Å². The highest BCUT2D eigenvalue weighted by Gasteiger charge is 2.28. The Kier molecular flexibility index (Phi) is 3.79. The summed E-state index contributed by atoms with van der Waals surface area (Å²) in [5.74, 6) is -0.0167. The van der Waals surface area contributed by atoms with Crippen LogP contribution < -0.4 is 5.73 Å². The Labute approximate surface area is 121 Å². The predicted molar refractivity (Wildman–Crippen MR) is 75.4 cm³/mol. The summed E-state index contributed by atoms with van der Waals surface area (Å²) < 4.78 is 27.6. The monoisotopic (exact) mass is 290 g/mol. The van der Waals surface area contributed by atoms with Crippen molar-refractivity contribution in [2.24, 2.45) is 0 Å². The van der Waals surface area contributed by atoms with Crippen LogP contribution in [0.1, 0.15) is 23.7 Å².